The van der Waals surface area contributed by atoms with Crippen molar-refractivity contribution in [3.8, 4) is 0 Å². The molecule has 6 heteroatoms. The van der Waals surface area contributed by atoms with E-state index in [2.05, 4.69) is 27.3 Å². The lowest BCUT2D eigenvalue weighted by atomic mass is 9.95. The summed E-state index contributed by atoms with van der Waals surface area (Å²) in [5, 5.41) is 3.07. The molecule has 2 aliphatic rings. The molecule has 152 valence electrons. The Bertz CT molecular complexity index is 841. The lowest BCUT2D eigenvalue weighted by molar-refractivity contribution is 0.0746. The lowest BCUT2D eigenvalue weighted by Gasteiger charge is -2.36. The molecule has 1 aromatic heterocycles. The first kappa shape index (κ1) is 19.4. The van der Waals surface area contributed by atoms with Gasteiger partial charge in [0.15, 0.2) is 0 Å². The van der Waals surface area contributed by atoms with Gasteiger partial charge in [-0.15, -0.1) is 0 Å². The van der Waals surface area contributed by atoms with Gasteiger partial charge in [0.05, 0.1) is 0 Å². The van der Waals surface area contributed by atoms with Crippen molar-refractivity contribution in [2.75, 3.05) is 31.1 Å². The molecule has 0 spiro atoms. The molecule has 1 aliphatic carbocycles. The van der Waals surface area contributed by atoms with Crippen LogP contribution in [0.4, 0.5) is 5.69 Å². The van der Waals surface area contributed by atoms with Gasteiger partial charge in [-0.2, -0.15) is 0 Å². The molecule has 2 fully saturated rings. The quantitative estimate of drug-likeness (QED) is 0.868. The van der Waals surface area contributed by atoms with Gasteiger partial charge in [0.1, 0.15) is 5.69 Å². The molecule has 2 heterocycles. The van der Waals surface area contributed by atoms with Crippen LogP contribution in [-0.2, 0) is 0 Å². The third-order valence-corrected chi connectivity index (χ3v) is 5.87. The highest BCUT2D eigenvalue weighted by Crippen LogP contribution is 2.19. The van der Waals surface area contributed by atoms with E-state index in [4.69, 9.17) is 0 Å². The van der Waals surface area contributed by atoms with Crippen LogP contribution in [0.1, 0.15) is 53.0 Å². The predicted molar refractivity (Wildman–Crippen MR) is 113 cm³/mol. The lowest BCUT2D eigenvalue weighted by Crippen LogP contribution is -2.48. The van der Waals surface area contributed by atoms with Crippen molar-refractivity contribution >= 4 is 17.5 Å². The highest BCUT2D eigenvalue weighted by molar-refractivity contribution is 5.98. The molecule has 2 aromatic rings. The third-order valence-electron chi connectivity index (χ3n) is 5.87. The van der Waals surface area contributed by atoms with Gasteiger partial charge in [0, 0.05) is 49.7 Å². The SMILES string of the molecule is O=C(NC1CCCCC1)c1cc(C(=O)N2CCN(c3ccccc3)CC2)ccn1. The van der Waals surface area contributed by atoms with Crippen molar-refractivity contribution in [3.63, 3.8) is 0 Å². The smallest absolute Gasteiger partial charge is 0.270 e. The van der Waals surface area contributed by atoms with Gasteiger partial charge in [0.25, 0.3) is 11.8 Å². The Morgan fingerprint density at radius 2 is 1.66 bits per heavy atom. The molecule has 0 atom stereocenters. The number of piperazine rings is 1. The van der Waals surface area contributed by atoms with E-state index in [0.717, 1.165) is 38.8 Å². The Kier molecular flexibility index (Phi) is 6.08. The summed E-state index contributed by atoms with van der Waals surface area (Å²) in [4.78, 5) is 33.9. The summed E-state index contributed by atoms with van der Waals surface area (Å²) in [6.45, 7) is 2.94. The number of nitrogens with zero attached hydrogens (tertiary/aromatic N) is 3. The highest BCUT2D eigenvalue weighted by atomic mass is 16.2. The van der Waals surface area contributed by atoms with Crippen molar-refractivity contribution in [2.24, 2.45) is 0 Å². The predicted octanol–water partition coefficient (Wildman–Crippen LogP) is 3.11. The number of amides is 2. The topological polar surface area (TPSA) is 65.5 Å². The van der Waals surface area contributed by atoms with Crippen LogP contribution in [0.5, 0.6) is 0 Å². The zero-order chi connectivity index (χ0) is 20.1. The molecule has 1 aliphatic heterocycles. The number of carbonyl (C=O) groups excluding carboxylic acids is 2. The molecule has 1 N–H and O–H groups in total. The van der Waals surface area contributed by atoms with Gasteiger partial charge in [0.2, 0.25) is 0 Å². The number of hydrogen-bond acceptors (Lipinski definition) is 4. The number of aromatic nitrogens is 1. The van der Waals surface area contributed by atoms with Crippen LogP contribution >= 0.6 is 0 Å². The van der Waals surface area contributed by atoms with Crippen LogP contribution in [0, 0.1) is 0 Å². The molecule has 0 bridgehead atoms. The Labute approximate surface area is 171 Å². The molecule has 0 radical (unpaired) electrons. The zero-order valence-electron chi connectivity index (χ0n) is 16.7. The average Bonchev–Trinajstić information content (AvgIpc) is 2.80. The highest BCUT2D eigenvalue weighted by Gasteiger charge is 2.24. The number of hydrogen-bond donors (Lipinski definition) is 1. The first-order chi connectivity index (χ1) is 14.2. The van der Waals surface area contributed by atoms with E-state index in [-0.39, 0.29) is 17.9 Å². The standard InChI is InChI=1S/C23H28N4O2/c28-22(25-19-7-3-1-4-8-19)21-17-18(11-12-24-21)23(29)27-15-13-26(14-16-27)20-9-5-2-6-10-20/h2,5-6,9-12,17,19H,1,3-4,7-8,13-16H2,(H,25,28). The average molecular weight is 393 g/mol. The van der Waals surface area contributed by atoms with Gasteiger partial charge < -0.3 is 15.1 Å². The second-order valence-electron chi connectivity index (χ2n) is 7.85. The molecule has 4 rings (SSSR count). The van der Waals surface area contributed by atoms with E-state index >= 15 is 0 Å². The fourth-order valence-electron chi connectivity index (χ4n) is 4.18. The Hall–Kier alpha value is -2.89. The minimum absolute atomic E-state index is 0.0353. The van der Waals surface area contributed by atoms with Crippen LogP contribution in [0.2, 0.25) is 0 Å². The van der Waals surface area contributed by atoms with Gasteiger partial charge in [-0.3, -0.25) is 14.6 Å². The Morgan fingerprint density at radius 1 is 0.931 bits per heavy atom. The zero-order valence-corrected chi connectivity index (χ0v) is 16.7. The van der Waals surface area contributed by atoms with Crippen molar-refractivity contribution in [1.82, 2.24) is 15.2 Å². The van der Waals surface area contributed by atoms with Gasteiger partial charge in [-0.05, 0) is 37.1 Å². The van der Waals surface area contributed by atoms with E-state index in [9.17, 15) is 9.59 Å². The fraction of sp³-hybridized carbons (Fsp3) is 0.435. The maximum Gasteiger partial charge on any atom is 0.270 e. The van der Waals surface area contributed by atoms with Crippen molar-refractivity contribution in [2.45, 2.75) is 38.1 Å². The van der Waals surface area contributed by atoms with Crippen molar-refractivity contribution < 1.29 is 9.59 Å². The number of anilines is 1. The minimum Gasteiger partial charge on any atom is -0.368 e. The molecule has 0 unspecified atom stereocenters. The van der Waals surface area contributed by atoms with E-state index in [1.807, 2.05) is 23.1 Å². The summed E-state index contributed by atoms with van der Waals surface area (Å²) < 4.78 is 0. The Morgan fingerprint density at radius 3 is 2.38 bits per heavy atom. The summed E-state index contributed by atoms with van der Waals surface area (Å²) >= 11 is 0. The molecule has 1 saturated heterocycles. The molecular formula is C23H28N4O2. The normalized spacial score (nSPS) is 17.8. The van der Waals surface area contributed by atoms with E-state index < -0.39 is 0 Å². The van der Waals surface area contributed by atoms with Crippen LogP contribution in [0.3, 0.4) is 0 Å². The summed E-state index contributed by atoms with van der Waals surface area (Å²) in [5.74, 6) is -0.215. The molecule has 2 amide bonds. The van der Waals surface area contributed by atoms with E-state index in [1.54, 1.807) is 18.3 Å². The van der Waals surface area contributed by atoms with Gasteiger partial charge >= 0.3 is 0 Å². The minimum atomic E-state index is -0.180. The molecule has 1 saturated carbocycles. The van der Waals surface area contributed by atoms with Crippen molar-refractivity contribution in [3.05, 3.63) is 59.9 Å². The van der Waals surface area contributed by atoms with Gasteiger partial charge in [-0.25, -0.2) is 0 Å². The monoisotopic (exact) mass is 392 g/mol. The van der Waals surface area contributed by atoms with Crippen LogP contribution < -0.4 is 10.2 Å². The van der Waals surface area contributed by atoms with Gasteiger partial charge in [-0.1, -0.05) is 37.5 Å². The second-order valence-corrected chi connectivity index (χ2v) is 7.85. The van der Waals surface area contributed by atoms with Crippen LogP contribution in [0.15, 0.2) is 48.7 Å². The number of benzene rings is 1. The molecule has 6 nitrogen and oxygen atoms in total. The number of nitrogens with one attached hydrogen (secondary N) is 1. The summed E-state index contributed by atoms with van der Waals surface area (Å²) in [5.41, 5.74) is 2.04. The molecule has 1 aromatic carbocycles. The third kappa shape index (κ3) is 4.75. The van der Waals surface area contributed by atoms with E-state index in [0.29, 0.717) is 24.3 Å². The van der Waals surface area contributed by atoms with Crippen LogP contribution in [-0.4, -0.2) is 53.9 Å². The largest absolute Gasteiger partial charge is 0.368 e. The van der Waals surface area contributed by atoms with E-state index in [1.165, 1.54) is 12.1 Å². The number of para-hydroxylation sites is 1. The first-order valence-electron chi connectivity index (χ1n) is 10.6. The Balaban J connectivity index is 1.36. The summed E-state index contributed by atoms with van der Waals surface area (Å²) in [6.07, 6.45) is 7.17. The summed E-state index contributed by atoms with van der Waals surface area (Å²) in [6, 6.07) is 13.8. The maximum atomic E-state index is 13.0. The van der Waals surface area contributed by atoms with Crippen LogP contribution in [0.25, 0.3) is 0 Å². The maximum absolute atomic E-state index is 13.0. The number of rotatable bonds is 4. The fourth-order valence-corrected chi connectivity index (χ4v) is 4.18. The summed E-state index contributed by atoms with van der Waals surface area (Å²) in [7, 11) is 0. The molecular weight excluding hydrogens is 364 g/mol. The first-order valence-corrected chi connectivity index (χ1v) is 10.6. The van der Waals surface area contributed by atoms with Crippen molar-refractivity contribution in [1.29, 1.82) is 0 Å². The number of pyridine rings is 1. The number of carbonyl (C=O) groups is 2. The second kappa shape index (κ2) is 9.07. The molecule has 29 heavy (non-hydrogen) atoms.